The third kappa shape index (κ3) is 2.89. The summed E-state index contributed by atoms with van der Waals surface area (Å²) in [5, 5.41) is 3.08. The first-order valence-electron chi connectivity index (χ1n) is 8.67. The van der Waals surface area contributed by atoms with E-state index in [4.69, 9.17) is 10.5 Å². The molecule has 2 N–H and O–H groups in total. The lowest BCUT2D eigenvalue weighted by Crippen LogP contribution is -1.96. The van der Waals surface area contributed by atoms with Crippen molar-refractivity contribution in [3.63, 3.8) is 0 Å². The maximum atomic E-state index is 6.13. The third-order valence-electron chi connectivity index (χ3n) is 4.37. The Balaban J connectivity index is 1.47. The zero-order valence-electron chi connectivity index (χ0n) is 14.6. The molecule has 0 aliphatic carbocycles. The fraction of sp³-hybridized carbons (Fsp3) is 0.150. The van der Waals surface area contributed by atoms with Gasteiger partial charge in [0.2, 0.25) is 0 Å². The molecule has 7 heteroatoms. The van der Waals surface area contributed by atoms with Crippen LogP contribution in [0.25, 0.3) is 31.3 Å². The van der Waals surface area contributed by atoms with Crippen LogP contribution in [0.3, 0.4) is 0 Å². The van der Waals surface area contributed by atoms with E-state index >= 15 is 0 Å². The van der Waals surface area contributed by atoms with Gasteiger partial charge in [0, 0.05) is 11.5 Å². The first kappa shape index (κ1) is 16.4. The highest BCUT2D eigenvalue weighted by atomic mass is 32.1. The van der Waals surface area contributed by atoms with Gasteiger partial charge in [0.05, 0.1) is 25.4 Å². The lowest BCUT2D eigenvalue weighted by atomic mass is 10.2. The van der Waals surface area contributed by atoms with Crippen LogP contribution < -0.4 is 10.5 Å². The standard InChI is InChI=1S/C20H16N4OS2/c1-2-16-24-18-19(27-16)12-8-7-11(9-14(12)23-20(18)21)25-10-17-22-13-5-3-4-6-15(13)26-17/h3-9H,2,10H2,1H3,(H2,21,23). The van der Waals surface area contributed by atoms with Gasteiger partial charge in [-0.1, -0.05) is 19.1 Å². The predicted molar refractivity (Wildman–Crippen MR) is 113 cm³/mol. The SMILES string of the molecule is CCc1nc2c(N)nc3cc(OCc4nc5ccccc5s4)ccc3c2s1. The Bertz CT molecular complexity index is 1260. The summed E-state index contributed by atoms with van der Waals surface area (Å²) in [6, 6.07) is 14.1. The molecule has 5 aromatic rings. The van der Waals surface area contributed by atoms with E-state index in [1.54, 1.807) is 22.7 Å². The van der Waals surface area contributed by atoms with Crippen LogP contribution in [0.5, 0.6) is 5.75 Å². The van der Waals surface area contributed by atoms with Crippen molar-refractivity contribution in [2.75, 3.05) is 5.73 Å². The van der Waals surface area contributed by atoms with Gasteiger partial charge < -0.3 is 10.5 Å². The molecule has 0 fully saturated rings. The Morgan fingerprint density at radius 3 is 2.70 bits per heavy atom. The predicted octanol–water partition coefficient (Wildman–Crippen LogP) is 5.18. The summed E-state index contributed by atoms with van der Waals surface area (Å²) >= 11 is 3.33. The second-order valence-corrected chi connectivity index (χ2v) is 8.38. The highest BCUT2D eigenvalue weighted by Gasteiger charge is 2.13. The van der Waals surface area contributed by atoms with Gasteiger partial charge in [0.25, 0.3) is 0 Å². The van der Waals surface area contributed by atoms with Crippen molar-refractivity contribution in [3.05, 3.63) is 52.5 Å². The molecular weight excluding hydrogens is 376 g/mol. The number of pyridine rings is 1. The van der Waals surface area contributed by atoms with Crippen LogP contribution in [-0.2, 0) is 13.0 Å². The smallest absolute Gasteiger partial charge is 0.151 e. The Morgan fingerprint density at radius 2 is 1.85 bits per heavy atom. The number of para-hydroxylation sites is 1. The van der Waals surface area contributed by atoms with Gasteiger partial charge in [-0.25, -0.2) is 15.0 Å². The van der Waals surface area contributed by atoms with Gasteiger partial charge in [-0.15, -0.1) is 22.7 Å². The summed E-state index contributed by atoms with van der Waals surface area (Å²) in [6.45, 7) is 2.53. The summed E-state index contributed by atoms with van der Waals surface area (Å²) in [5.41, 5.74) is 8.77. The van der Waals surface area contributed by atoms with Crippen molar-refractivity contribution in [3.8, 4) is 5.75 Å². The molecule has 134 valence electrons. The third-order valence-corrected chi connectivity index (χ3v) is 6.61. The minimum atomic E-state index is 0.434. The van der Waals surface area contributed by atoms with Gasteiger partial charge >= 0.3 is 0 Å². The van der Waals surface area contributed by atoms with E-state index in [0.29, 0.717) is 12.4 Å². The van der Waals surface area contributed by atoms with Gasteiger partial charge in [0.1, 0.15) is 22.9 Å². The quantitative estimate of drug-likeness (QED) is 0.456. The molecule has 0 spiro atoms. The van der Waals surface area contributed by atoms with Crippen molar-refractivity contribution in [1.82, 2.24) is 15.0 Å². The summed E-state index contributed by atoms with van der Waals surface area (Å²) < 4.78 is 8.22. The number of aryl methyl sites for hydroxylation is 1. The molecule has 0 saturated heterocycles. The van der Waals surface area contributed by atoms with Gasteiger partial charge in [-0.05, 0) is 30.7 Å². The first-order chi connectivity index (χ1) is 13.2. The molecule has 0 unspecified atom stereocenters. The number of nitrogens with zero attached hydrogens (tertiary/aromatic N) is 3. The van der Waals surface area contributed by atoms with E-state index in [1.807, 2.05) is 36.4 Å². The number of aromatic nitrogens is 3. The second kappa shape index (κ2) is 6.44. The summed E-state index contributed by atoms with van der Waals surface area (Å²) in [5.74, 6) is 1.23. The molecule has 5 nitrogen and oxygen atoms in total. The van der Waals surface area contributed by atoms with Gasteiger partial charge in [-0.3, -0.25) is 0 Å². The molecule has 0 radical (unpaired) electrons. The summed E-state index contributed by atoms with van der Waals surface area (Å²) in [4.78, 5) is 13.7. The minimum Gasteiger partial charge on any atom is -0.486 e. The van der Waals surface area contributed by atoms with E-state index in [1.165, 1.54) is 4.70 Å². The molecule has 0 aliphatic rings. The van der Waals surface area contributed by atoms with Crippen molar-refractivity contribution in [2.24, 2.45) is 0 Å². The van der Waals surface area contributed by atoms with Gasteiger partial charge in [-0.2, -0.15) is 0 Å². The lowest BCUT2D eigenvalue weighted by Gasteiger charge is -2.06. The number of hydrogen-bond donors (Lipinski definition) is 1. The Morgan fingerprint density at radius 1 is 0.963 bits per heavy atom. The lowest BCUT2D eigenvalue weighted by molar-refractivity contribution is 0.306. The Hall–Kier alpha value is -2.77. The molecule has 0 bridgehead atoms. The maximum Gasteiger partial charge on any atom is 0.151 e. The highest BCUT2D eigenvalue weighted by molar-refractivity contribution is 7.19. The Labute approximate surface area is 163 Å². The number of benzene rings is 2. The minimum absolute atomic E-state index is 0.434. The van der Waals surface area contributed by atoms with E-state index < -0.39 is 0 Å². The van der Waals surface area contributed by atoms with E-state index in [9.17, 15) is 0 Å². The van der Waals surface area contributed by atoms with Crippen molar-refractivity contribution < 1.29 is 4.74 Å². The summed E-state index contributed by atoms with van der Waals surface area (Å²) in [6.07, 6.45) is 0.893. The van der Waals surface area contributed by atoms with Crippen molar-refractivity contribution in [1.29, 1.82) is 0 Å². The van der Waals surface area contributed by atoms with Crippen molar-refractivity contribution in [2.45, 2.75) is 20.0 Å². The Kier molecular flexibility index (Phi) is 3.91. The number of fused-ring (bicyclic) bond motifs is 4. The maximum absolute atomic E-state index is 6.13. The molecule has 3 heterocycles. The number of hydrogen-bond acceptors (Lipinski definition) is 7. The number of rotatable bonds is 4. The van der Waals surface area contributed by atoms with E-state index in [-0.39, 0.29) is 0 Å². The monoisotopic (exact) mass is 392 g/mol. The normalized spacial score (nSPS) is 11.6. The molecule has 0 aliphatic heterocycles. The highest BCUT2D eigenvalue weighted by Crippen LogP contribution is 2.34. The number of anilines is 1. The average molecular weight is 393 g/mol. The topological polar surface area (TPSA) is 73.9 Å². The fourth-order valence-corrected chi connectivity index (χ4v) is 4.99. The molecule has 2 aromatic carbocycles. The van der Waals surface area contributed by atoms with Crippen LogP contribution in [0, 0.1) is 0 Å². The summed E-state index contributed by atoms with van der Waals surface area (Å²) in [7, 11) is 0. The van der Waals surface area contributed by atoms with Crippen LogP contribution >= 0.6 is 22.7 Å². The molecular formula is C20H16N4OS2. The van der Waals surface area contributed by atoms with Crippen LogP contribution in [0.15, 0.2) is 42.5 Å². The molecule has 0 amide bonds. The van der Waals surface area contributed by atoms with Crippen LogP contribution in [-0.4, -0.2) is 15.0 Å². The van der Waals surface area contributed by atoms with Crippen LogP contribution in [0.4, 0.5) is 5.82 Å². The van der Waals surface area contributed by atoms with Crippen molar-refractivity contribution >= 4 is 59.8 Å². The first-order valence-corrected chi connectivity index (χ1v) is 10.3. The van der Waals surface area contributed by atoms with Gasteiger partial charge in [0.15, 0.2) is 5.82 Å². The van der Waals surface area contributed by atoms with Crippen LogP contribution in [0.2, 0.25) is 0 Å². The number of nitrogens with two attached hydrogens (primary N) is 1. The average Bonchev–Trinajstić information content (AvgIpc) is 3.30. The fourth-order valence-electron chi connectivity index (χ4n) is 3.07. The van der Waals surface area contributed by atoms with E-state index in [2.05, 4.69) is 27.9 Å². The number of thiazole rings is 2. The molecule has 0 saturated carbocycles. The number of nitrogen functional groups attached to an aromatic ring is 1. The van der Waals surface area contributed by atoms with Crippen LogP contribution in [0.1, 0.15) is 16.9 Å². The zero-order chi connectivity index (χ0) is 18.4. The molecule has 5 rings (SSSR count). The number of ether oxygens (including phenoxy) is 1. The van der Waals surface area contributed by atoms with E-state index in [0.717, 1.165) is 48.8 Å². The largest absolute Gasteiger partial charge is 0.486 e. The second-order valence-electron chi connectivity index (χ2n) is 6.18. The molecule has 3 aromatic heterocycles. The zero-order valence-corrected chi connectivity index (χ0v) is 16.2. The molecule has 27 heavy (non-hydrogen) atoms. The molecule has 0 atom stereocenters.